The van der Waals surface area contributed by atoms with Crippen LogP contribution in [0.15, 0.2) is 53.2 Å². The van der Waals surface area contributed by atoms with Gasteiger partial charge in [0.25, 0.3) is 5.91 Å². The van der Waals surface area contributed by atoms with Crippen molar-refractivity contribution in [2.24, 2.45) is 4.99 Å². The summed E-state index contributed by atoms with van der Waals surface area (Å²) in [4.78, 5) is 27.6. The molecule has 0 aliphatic carbocycles. The van der Waals surface area contributed by atoms with Crippen LogP contribution in [-0.4, -0.2) is 49.2 Å². The van der Waals surface area contributed by atoms with Gasteiger partial charge in [0, 0.05) is 49.9 Å². The second kappa shape index (κ2) is 15.8. The van der Waals surface area contributed by atoms with Gasteiger partial charge in [0.05, 0.1) is 0 Å². The van der Waals surface area contributed by atoms with Crippen LogP contribution in [0, 0.1) is 6.92 Å². The average molecular weight is 436 g/mol. The van der Waals surface area contributed by atoms with Crippen LogP contribution in [0.4, 0.5) is 0 Å². The van der Waals surface area contributed by atoms with Crippen LogP contribution < -0.4 is 15.2 Å². The molecule has 0 atom stereocenters. The molecule has 0 bridgehead atoms. The number of allylic oxidation sites excluding steroid dienone is 4. The molecular formula is C21H31N4O2S2+. The Bertz CT molecular complexity index is 729. The first-order valence-electron chi connectivity index (χ1n) is 9.52. The largest absolute Gasteiger partial charge is 0.354 e. The van der Waals surface area contributed by atoms with E-state index in [2.05, 4.69) is 15.6 Å². The highest BCUT2D eigenvalue weighted by Gasteiger charge is 2.10. The molecule has 1 aromatic heterocycles. The van der Waals surface area contributed by atoms with Crippen molar-refractivity contribution in [3.8, 4) is 0 Å². The zero-order chi connectivity index (χ0) is 21.3. The fourth-order valence-electron chi connectivity index (χ4n) is 2.08. The molecule has 0 spiro atoms. The van der Waals surface area contributed by atoms with Crippen molar-refractivity contribution in [1.29, 1.82) is 0 Å². The maximum Gasteiger partial charge on any atom is 0.286 e. The third-order valence-electron chi connectivity index (χ3n) is 3.55. The highest BCUT2D eigenvalue weighted by molar-refractivity contribution is 8.76. The maximum absolute atomic E-state index is 11.9. The monoisotopic (exact) mass is 435 g/mol. The fraction of sp³-hybridized carbons (Fsp3) is 0.429. The summed E-state index contributed by atoms with van der Waals surface area (Å²) in [6.45, 7) is 7.74. The molecule has 0 fully saturated rings. The first-order chi connectivity index (χ1) is 14.0. The molecule has 0 aliphatic heterocycles. The highest BCUT2D eigenvalue weighted by Crippen LogP contribution is 2.19. The normalized spacial score (nSPS) is 11.0. The van der Waals surface area contributed by atoms with Gasteiger partial charge in [-0.3, -0.25) is 14.6 Å². The van der Waals surface area contributed by atoms with Crippen LogP contribution in [0.1, 0.15) is 19.5 Å². The molecule has 0 unspecified atom stereocenters. The number of rotatable bonds is 13. The lowest BCUT2D eigenvalue weighted by Gasteiger charge is -2.05. The van der Waals surface area contributed by atoms with E-state index in [0.717, 1.165) is 17.2 Å². The molecule has 158 valence electrons. The Hall–Kier alpha value is -2.06. The van der Waals surface area contributed by atoms with Crippen LogP contribution in [0.5, 0.6) is 0 Å². The molecule has 1 heterocycles. The van der Waals surface area contributed by atoms with Crippen LogP contribution >= 0.6 is 21.6 Å². The van der Waals surface area contributed by atoms with Crippen molar-refractivity contribution >= 4 is 39.6 Å². The lowest BCUT2D eigenvalue weighted by atomic mass is 10.3. The third-order valence-corrected chi connectivity index (χ3v) is 5.96. The van der Waals surface area contributed by atoms with Gasteiger partial charge in [-0.2, -0.15) is 4.57 Å². The number of nitrogens with one attached hydrogen (secondary N) is 2. The van der Waals surface area contributed by atoms with Gasteiger partial charge in [-0.15, -0.1) is 0 Å². The number of hydrogen-bond acceptors (Lipinski definition) is 5. The molecule has 0 saturated heterocycles. The molecular weight excluding hydrogens is 404 g/mol. The van der Waals surface area contributed by atoms with Crippen molar-refractivity contribution in [3.05, 3.63) is 53.9 Å². The van der Waals surface area contributed by atoms with E-state index in [-0.39, 0.29) is 18.4 Å². The van der Waals surface area contributed by atoms with Gasteiger partial charge in [-0.05, 0) is 19.9 Å². The molecule has 2 N–H and O–H groups in total. The Morgan fingerprint density at radius 2 is 1.76 bits per heavy atom. The van der Waals surface area contributed by atoms with Crippen molar-refractivity contribution in [2.45, 2.75) is 27.3 Å². The molecule has 0 aliphatic rings. The lowest BCUT2D eigenvalue weighted by Crippen LogP contribution is -2.45. The van der Waals surface area contributed by atoms with Crippen LogP contribution in [-0.2, 0) is 16.1 Å². The summed E-state index contributed by atoms with van der Waals surface area (Å²) in [6, 6.07) is 5.85. The topological polar surface area (TPSA) is 74.4 Å². The number of aromatic nitrogens is 1. The van der Waals surface area contributed by atoms with Gasteiger partial charge in [0.15, 0.2) is 11.9 Å². The number of carbonyl (C=O) groups excluding carboxylic acids is 2. The zero-order valence-corrected chi connectivity index (χ0v) is 19.0. The van der Waals surface area contributed by atoms with Crippen molar-refractivity contribution < 1.29 is 14.2 Å². The van der Waals surface area contributed by atoms with Crippen molar-refractivity contribution in [1.82, 2.24) is 10.6 Å². The maximum atomic E-state index is 11.9. The van der Waals surface area contributed by atoms with E-state index in [1.165, 1.54) is 5.57 Å². The summed E-state index contributed by atoms with van der Waals surface area (Å²) in [5.74, 6) is 1.57. The Morgan fingerprint density at radius 3 is 2.41 bits per heavy atom. The van der Waals surface area contributed by atoms with Crippen molar-refractivity contribution in [2.75, 3.05) is 31.1 Å². The molecule has 0 radical (unpaired) electrons. The summed E-state index contributed by atoms with van der Waals surface area (Å²) in [6.07, 6.45) is 9.23. The number of nitrogens with zero attached hydrogens (tertiary/aromatic N) is 2. The van der Waals surface area contributed by atoms with E-state index < -0.39 is 0 Å². The minimum atomic E-state index is -0.0802. The Kier molecular flexibility index (Phi) is 13.6. The summed E-state index contributed by atoms with van der Waals surface area (Å²) >= 11 is 0. The second-order valence-corrected chi connectivity index (χ2v) is 9.13. The predicted molar refractivity (Wildman–Crippen MR) is 124 cm³/mol. The van der Waals surface area contributed by atoms with Gasteiger partial charge in [-0.1, -0.05) is 45.4 Å². The number of amides is 2. The second-order valence-electron chi connectivity index (χ2n) is 6.43. The first kappa shape index (κ1) is 25.0. The van der Waals surface area contributed by atoms with Gasteiger partial charge in [-0.25, -0.2) is 0 Å². The Morgan fingerprint density at radius 1 is 1.07 bits per heavy atom. The third kappa shape index (κ3) is 13.7. The SMILES string of the molecule is CC(C)=C/C=C\C=NCC(=O)NCCSSCCNC(=O)C[n+]1ccccc1C. The van der Waals surface area contributed by atoms with E-state index >= 15 is 0 Å². The molecule has 1 rings (SSSR count). The van der Waals surface area contributed by atoms with E-state index in [1.807, 2.05) is 68.0 Å². The fourth-order valence-corrected chi connectivity index (χ4v) is 3.90. The highest BCUT2D eigenvalue weighted by atomic mass is 33.1. The minimum Gasteiger partial charge on any atom is -0.354 e. The molecule has 1 aromatic rings. The minimum absolute atomic E-state index is 0.0124. The smallest absolute Gasteiger partial charge is 0.286 e. The first-order valence-corrected chi connectivity index (χ1v) is 12.0. The molecule has 2 amide bonds. The van der Waals surface area contributed by atoms with E-state index in [1.54, 1.807) is 27.8 Å². The number of hydrogen-bond donors (Lipinski definition) is 2. The van der Waals surface area contributed by atoms with Gasteiger partial charge in [0.1, 0.15) is 6.54 Å². The number of carbonyl (C=O) groups is 2. The van der Waals surface area contributed by atoms with Crippen LogP contribution in [0.2, 0.25) is 0 Å². The summed E-state index contributed by atoms with van der Waals surface area (Å²) < 4.78 is 1.92. The van der Waals surface area contributed by atoms with Gasteiger partial charge < -0.3 is 10.6 Å². The van der Waals surface area contributed by atoms with Crippen LogP contribution in [0.25, 0.3) is 0 Å². The molecule has 6 nitrogen and oxygen atoms in total. The summed E-state index contributed by atoms with van der Waals surface area (Å²) in [5.41, 5.74) is 2.27. The molecule has 8 heteroatoms. The summed E-state index contributed by atoms with van der Waals surface area (Å²) in [5, 5.41) is 5.76. The number of aryl methyl sites for hydroxylation is 1. The van der Waals surface area contributed by atoms with Gasteiger partial charge in [0.2, 0.25) is 12.5 Å². The Balaban J connectivity index is 1.99. The number of pyridine rings is 1. The summed E-state index contributed by atoms with van der Waals surface area (Å²) in [7, 11) is 3.37. The van der Waals surface area contributed by atoms with Crippen LogP contribution in [0.3, 0.4) is 0 Å². The van der Waals surface area contributed by atoms with E-state index in [0.29, 0.717) is 19.6 Å². The zero-order valence-electron chi connectivity index (χ0n) is 17.4. The lowest BCUT2D eigenvalue weighted by molar-refractivity contribution is -0.690. The quantitative estimate of drug-likeness (QED) is 0.164. The predicted octanol–water partition coefficient (Wildman–Crippen LogP) is 2.49. The molecule has 29 heavy (non-hydrogen) atoms. The molecule has 0 saturated carbocycles. The van der Waals surface area contributed by atoms with Crippen molar-refractivity contribution in [3.63, 3.8) is 0 Å². The molecule has 0 aromatic carbocycles. The van der Waals surface area contributed by atoms with Gasteiger partial charge >= 0.3 is 0 Å². The standard InChI is InChI=1S/C21H30N4O2S2/c1-18(2)8-4-6-10-22-16-20(26)23-11-14-28-29-15-12-24-21(27)17-25-13-7-5-9-19(25)3/h4-10,13H,11-12,14-17H2,1-3H3,(H-,23,24,26,27)/p+1/b6-4-,22-10?. The Labute approximate surface area is 181 Å². The van der Waals surface area contributed by atoms with E-state index in [4.69, 9.17) is 0 Å². The van der Waals surface area contributed by atoms with E-state index in [9.17, 15) is 9.59 Å². The average Bonchev–Trinajstić information content (AvgIpc) is 2.68. The number of aliphatic imine (C=N–C) groups is 1.